The number of carboxylic acid groups (broad SMARTS) is 1. The number of hydrogen-bond acceptors (Lipinski definition) is 6. The molecule has 4 aliphatic rings. The highest BCUT2D eigenvalue weighted by Crippen LogP contribution is 2.43. The summed E-state index contributed by atoms with van der Waals surface area (Å²) in [5.74, 6) is 0.751. The predicted molar refractivity (Wildman–Crippen MR) is 168 cm³/mol. The molecule has 1 unspecified atom stereocenters. The number of hydrogen-bond donors (Lipinski definition) is 2. The smallest absolute Gasteiger partial charge is 0.407 e. The lowest BCUT2D eigenvalue weighted by molar-refractivity contribution is -0.142. The molecule has 2 aliphatic heterocycles. The molecule has 7 rings (SSSR count). The maximum atomic E-state index is 13.9. The summed E-state index contributed by atoms with van der Waals surface area (Å²) in [5, 5.41) is 16.1. The number of piperidine rings is 1. The van der Waals surface area contributed by atoms with Crippen LogP contribution in [0, 0.1) is 5.92 Å². The lowest BCUT2D eigenvalue weighted by Crippen LogP contribution is -2.54. The van der Waals surface area contributed by atoms with Crippen LogP contribution in [0.1, 0.15) is 44.1 Å². The van der Waals surface area contributed by atoms with Crippen molar-refractivity contribution >= 4 is 23.6 Å². The van der Waals surface area contributed by atoms with Crippen molar-refractivity contribution in [1.29, 1.82) is 0 Å². The maximum Gasteiger partial charge on any atom is 0.407 e. The lowest BCUT2D eigenvalue weighted by Gasteiger charge is -2.37. The van der Waals surface area contributed by atoms with E-state index in [1.54, 1.807) is 4.90 Å². The summed E-state index contributed by atoms with van der Waals surface area (Å²) in [5.41, 5.74) is 3.40. The summed E-state index contributed by atoms with van der Waals surface area (Å²) in [4.78, 5) is 46.0. The van der Waals surface area contributed by atoms with Crippen LogP contribution in [0.15, 0.2) is 60.9 Å². The molecule has 1 atom stereocenters. The number of nitrogens with zero attached hydrogens (tertiary/aromatic N) is 5. The number of nitrogens with one attached hydrogen (secondary N) is 1. The number of aromatic amines is 1. The van der Waals surface area contributed by atoms with E-state index in [2.05, 4.69) is 44.3 Å². The van der Waals surface area contributed by atoms with Crippen molar-refractivity contribution in [2.45, 2.75) is 56.7 Å². The molecule has 0 radical (unpaired) electrons. The second-order valence-corrected chi connectivity index (χ2v) is 12.8. The maximum absolute atomic E-state index is 13.9. The number of anilines is 1. The fraction of sp³-hybridized carbons (Fsp3) is 0.471. The van der Waals surface area contributed by atoms with Crippen molar-refractivity contribution < 1.29 is 24.2 Å². The first-order valence-electron chi connectivity index (χ1n) is 16.1. The Kier molecular flexibility index (Phi) is 7.85. The molecule has 2 saturated carbocycles. The van der Waals surface area contributed by atoms with Crippen LogP contribution >= 0.6 is 0 Å². The molecule has 4 fully saturated rings. The SMILES string of the molecule is O=C(O)N1CCN(C(=O)C2(Oc3cccc(N4CCCC(C(=O)N(Cc5ccc(-c6cn[nH]c6)cc5)C5CC5)C4)c3)CC2)CC1. The minimum Gasteiger partial charge on any atom is -0.477 e. The van der Waals surface area contributed by atoms with Gasteiger partial charge in [-0.25, -0.2) is 4.79 Å². The largest absolute Gasteiger partial charge is 0.477 e. The van der Waals surface area contributed by atoms with E-state index in [9.17, 15) is 19.5 Å². The van der Waals surface area contributed by atoms with Crippen molar-refractivity contribution in [3.63, 3.8) is 0 Å². The van der Waals surface area contributed by atoms with E-state index >= 15 is 0 Å². The van der Waals surface area contributed by atoms with Gasteiger partial charge in [0.2, 0.25) is 5.91 Å². The zero-order valence-electron chi connectivity index (χ0n) is 25.4. The van der Waals surface area contributed by atoms with E-state index in [4.69, 9.17) is 4.74 Å². The fourth-order valence-corrected chi connectivity index (χ4v) is 6.66. The van der Waals surface area contributed by atoms with Gasteiger partial charge in [0.25, 0.3) is 5.91 Å². The van der Waals surface area contributed by atoms with Gasteiger partial charge < -0.3 is 29.4 Å². The molecule has 1 aromatic heterocycles. The van der Waals surface area contributed by atoms with Crippen LogP contribution in [0.4, 0.5) is 10.5 Å². The highest BCUT2D eigenvalue weighted by Gasteiger charge is 2.55. The third-order valence-electron chi connectivity index (χ3n) is 9.61. The molecule has 0 bridgehead atoms. The first-order chi connectivity index (χ1) is 21.9. The standard InChI is InChI=1S/C34H40N6O5/c41-31(40(28-10-11-28)22-24-6-8-25(9-7-24)27-20-35-36-21-27)26-3-2-14-39(23-26)29-4-1-5-30(19-29)45-34(12-13-34)32(42)37-15-17-38(18-16-37)33(43)44/h1,4-9,19-21,26,28H,2-3,10-18,22-23H2,(H,35,36)(H,43,44). The van der Waals surface area contributed by atoms with Crippen LogP contribution in [-0.2, 0) is 16.1 Å². The van der Waals surface area contributed by atoms with Crippen molar-refractivity contribution in [3.05, 3.63) is 66.5 Å². The average Bonchev–Trinajstić information content (AvgIpc) is 4.01. The number of benzene rings is 2. The van der Waals surface area contributed by atoms with Gasteiger partial charge in [0.15, 0.2) is 5.60 Å². The van der Waals surface area contributed by atoms with Crippen molar-refractivity contribution in [3.8, 4) is 16.9 Å². The minimum atomic E-state index is -0.949. The van der Waals surface area contributed by atoms with Gasteiger partial charge in [-0.05, 0) is 48.9 Å². The summed E-state index contributed by atoms with van der Waals surface area (Å²) < 4.78 is 6.36. The number of amides is 3. The number of piperazine rings is 1. The van der Waals surface area contributed by atoms with Crippen LogP contribution in [0.3, 0.4) is 0 Å². The summed E-state index contributed by atoms with van der Waals surface area (Å²) >= 11 is 0. The Hall–Kier alpha value is -4.54. The van der Waals surface area contributed by atoms with Crippen LogP contribution in [0.25, 0.3) is 11.1 Å². The Morgan fingerprint density at radius 3 is 2.38 bits per heavy atom. The molecule has 2 aliphatic carbocycles. The number of rotatable bonds is 9. The molecular formula is C34H40N6O5. The second kappa shape index (κ2) is 12.1. The van der Waals surface area contributed by atoms with Gasteiger partial charge in [-0.2, -0.15) is 5.10 Å². The zero-order valence-corrected chi connectivity index (χ0v) is 25.4. The van der Waals surface area contributed by atoms with Gasteiger partial charge >= 0.3 is 6.09 Å². The molecule has 3 amide bonds. The molecule has 45 heavy (non-hydrogen) atoms. The fourth-order valence-electron chi connectivity index (χ4n) is 6.66. The second-order valence-electron chi connectivity index (χ2n) is 12.8. The molecule has 3 aromatic rings. The van der Waals surface area contributed by atoms with Crippen molar-refractivity contribution in [2.24, 2.45) is 5.92 Å². The van der Waals surface area contributed by atoms with Crippen molar-refractivity contribution in [2.75, 3.05) is 44.2 Å². The summed E-state index contributed by atoms with van der Waals surface area (Å²) in [6, 6.07) is 16.6. The summed E-state index contributed by atoms with van der Waals surface area (Å²) in [6.07, 6.45) is 7.97. The highest BCUT2D eigenvalue weighted by molar-refractivity contribution is 5.89. The normalized spacial score (nSPS) is 20.9. The van der Waals surface area contributed by atoms with Gasteiger partial charge in [-0.15, -0.1) is 0 Å². The van der Waals surface area contributed by atoms with Crippen molar-refractivity contribution in [1.82, 2.24) is 24.9 Å². The summed E-state index contributed by atoms with van der Waals surface area (Å²) in [7, 11) is 0. The van der Waals surface area contributed by atoms with Gasteiger partial charge in [0, 0.05) is 88.2 Å². The lowest BCUT2D eigenvalue weighted by atomic mass is 9.95. The molecule has 0 spiro atoms. The van der Waals surface area contributed by atoms with Crippen LogP contribution in [0.2, 0.25) is 0 Å². The van der Waals surface area contributed by atoms with E-state index in [-0.39, 0.29) is 17.7 Å². The van der Waals surface area contributed by atoms with Crippen LogP contribution < -0.4 is 9.64 Å². The summed E-state index contributed by atoms with van der Waals surface area (Å²) in [6.45, 7) is 3.54. The Bertz CT molecular complexity index is 1530. The third-order valence-corrected chi connectivity index (χ3v) is 9.61. The Labute approximate surface area is 262 Å². The Balaban J connectivity index is 0.984. The molecule has 11 heteroatoms. The Morgan fingerprint density at radius 2 is 1.71 bits per heavy atom. The molecule has 3 heterocycles. The first kappa shape index (κ1) is 29.2. The number of carbonyl (C=O) groups excluding carboxylic acids is 2. The molecule has 2 N–H and O–H groups in total. The zero-order chi connectivity index (χ0) is 31.0. The molecule has 11 nitrogen and oxygen atoms in total. The van der Waals surface area contributed by atoms with Gasteiger partial charge in [0.1, 0.15) is 5.75 Å². The van der Waals surface area contributed by atoms with Crippen LogP contribution in [-0.4, -0.2) is 98.8 Å². The highest BCUT2D eigenvalue weighted by atomic mass is 16.5. The topological polar surface area (TPSA) is 122 Å². The van der Waals surface area contributed by atoms with Gasteiger partial charge in [-0.1, -0.05) is 30.3 Å². The molecule has 2 aromatic carbocycles. The van der Waals surface area contributed by atoms with E-state index in [0.29, 0.717) is 63.9 Å². The number of H-pyrrole nitrogens is 1. The van der Waals surface area contributed by atoms with Crippen LogP contribution in [0.5, 0.6) is 5.75 Å². The molecular weight excluding hydrogens is 572 g/mol. The Morgan fingerprint density at radius 1 is 0.956 bits per heavy atom. The van der Waals surface area contributed by atoms with E-state index < -0.39 is 11.7 Å². The molecule has 2 saturated heterocycles. The predicted octanol–water partition coefficient (Wildman–Crippen LogP) is 4.22. The van der Waals surface area contributed by atoms with E-state index in [1.165, 1.54) is 4.90 Å². The first-order valence-corrected chi connectivity index (χ1v) is 16.1. The van der Waals surface area contributed by atoms with Gasteiger partial charge in [-0.3, -0.25) is 14.7 Å². The van der Waals surface area contributed by atoms with Gasteiger partial charge in [0.05, 0.1) is 12.1 Å². The third kappa shape index (κ3) is 6.34. The number of aromatic nitrogens is 2. The monoisotopic (exact) mass is 612 g/mol. The quantitative estimate of drug-likeness (QED) is 0.371. The van der Waals surface area contributed by atoms with E-state index in [1.807, 2.05) is 36.7 Å². The van der Waals surface area contributed by atoms with E-state index in [0.717, 1.165) is 54.6 Å². The average molecular weight is 613 g/mol. The molecule has 236 valence electrons. The number of ether oxygens (including phenoxy) is 1. The minimum absolute atomic E-state index is 0.0575. The number of carbonyl (C=O) groups is 3.